The van der Waals surface area contributed by atoms with Gasteiger partial charge in [0.25, 0.3) is 0 Å². The van der Waals surface area contributed by atoms with Gasteiger partial charge in [-0.25, -0.2) is 0 Å². The Hall–Kier alpha value is -2.26. The minimum Gasteiger partial charge on any atom is -0.507 e. The minimum atomic E-state index is 0.259. The number of benzene rings is 2. The topological polar surface area (TPSA) is 43.7 Å². The zero-order chi connectivity index (χ0) is 18.1. The monoisotopic (exact) mass is 349 g/mol. The predicted molar refractivity (Wildman–Crippen MR) is 105 cm³/mol. The smallest absolute Gasteiger partial charge is 0.123 e. The average Bonchev–Trinajstić information content (AvgIpc) is 2.62. The quantitative estimate of drug-likeness (QED) is 0.837. The molecule has 26 heavy (non-hydrogen) atoms. The molecule has 2 aromatic carbocycles. The molecule has 2 aliphatic rings. The van der Waals surface area contributed by atoms with Crippen LogP contribution in [-0.4, -0.2) is 34.2 Å². The molecule has 0 aliphatic carbocycles. The molecule has 2 aliphatic heterocycles. The van der Waals surface area contributed by atoms with E-state index < -0.39 is 0 Å². The van der Waals surface area contributed by atoms with Crippen molar-refractivity contribution in [3.05, 3.63) is 65.7 Å². The van der Waals surface area contributed by atoms with E-state index in [0.717, 1.165) is 29.5 Å². The molecule has 2 heterocycles. The Balaban J connectivity index is 1.75. The van der Waals surface area contributed by atoms with Gasteiger partial charge in [-0.3, -0.25) is 0 Å². The number of para-hydroxylation sites is 2. The summed E-state index contributed by atoms with van der Waals surface area (Å²) in [4.78, 5) is 2.56. The van der Waals surface area contributed by atoms with Crippen molar-refractivity contribution in [2.45, 2.75) is 44.2 Å². The highest BCUT2D eigenvalue weighted by molar-refractivity contribution is 5.85. The van der Waals surface area contributed by atoms with E-state index in [1.165, 1.54) is 19.3 Å². The highest BCUT2D eigenvalue weighted by atomic mass is 16.3. The summed E-state index contributed by atoms with van der Waals surface area (Å²) in [5.74, 6) is 0.987. The van der Waals surface area contributed by atoms with Crippen molar-refractivity contribution in [2.24, 2.45) is 5.92 Å². The zero-order valence-electron chi connectivity index (χ0n) is 15.3. The third-order valence-electron chi connectivity index (χ3n) is 6.17. The molecule has 2 fully saturated rings. The predicted octanol–water partition coefficient (Wildman–Crippen LogP) is 4.79. The summed E-state index contributed by atoms with van der Waals surface area (Å²) < 4.78 is 0. The number of allylic oxidation sites excluding steroid dienone is 1. The first kappa shape index (κ1) is 17.2. The number of phenolic OH excluding ortho intramolecular Hbond substituents is 2. The van der Waals surface area contributed by atoms with Gasteiger partial charge in [-0.1, -0.05) is 48.9 Å². The number of fused-ring (bicyclic) bond motifs is 2. The third-order valence-corrected chi connectivity index (χ3v) is 6.17. The first-order chi connectivity index (χ1) is 12.6. The fourth-order valence-corrected chi connectivity index (χ4v) is 4.76. The van der Waals surface area contributed by atoms with Gasteiger partial charge in [0, 0.05) is 23.2 Å². The Labute approximate surface area is 155 Å². The lowest BCUT2D eigenvalue weighted by Gasteiger charge is -2.46. The van der Waals surface area contributed by atoms with E-state index in [1.54, 1.807) is 12.1 Å². The molecule has 2 unspecified atom stereocenters. The van der Waals surface area contributed by atoms with Crippen LogP contribution in [0.3, 0.4) is 0 Å². The number of aromatic hydroxyl groups is 2. The van der Waals surface area contributed by atoms with E-state index >= 15 is 0 Å². The molecule has 3 nitrogen and oxygen atoms in total. The molecule has 0 saturated carbocycles. The van der Waals surface area contributed by atoms with Crippen LogP contribution in [0.15, 0.2) is 54.6 Å². The summed E-state index contributed by atoms with van der Waals surface area (Å²) in [5, 5.41) is 20.9. The van der Waals surface area contributed by atoms with Crippen LogP contribution in [0.2, 0.25) is 0 Å². The number of nitrogens with zero attached hydrogens (tertiary/aromatic N) is 1. The molecule has 4 rings (SSSR count). The van der Waals surface area contributed by atoms with Gasteiger partial charge in [-0.05, 0) is 56.4 Å². The van der Waals surface area contributed by atoms with Gasteiger partial charge in [0.2, 0.25) is 0 Å². The van der Waals surface area contributed by atoms with Crippen LogP contribution in [0.25, 0.3) is 5.57 Å². The van der Waals surface area contributed by atoms with E-state index in [4.69, 9.17) is 0 Å². The van der Waals surface area contributed by atoms with E-state index in [0.29, 0.717) is 18.0 Å². The second-order valence-electron chi connectivity index (χ2n) is 7.75. The first-order valence-corrected chi connectivity index (χ1v) is 9.64. The molecule has 0 amide bonds. The van der Waals surface area contributed by atoms with Crippen molar-refractivity contribution in [3.8, 4) is 11.5 Å². The van der Waals surface area contributed by atoms with Crippen LogP contribution in [0.5, 0.6) is 11.5 Å². The number of hydrogen-bond donors (Lipinski definition) is 2. The SMILES string of the molecule is CN1C2CCCC1CC(C=C(c1ccccc1O)c1ccccc1O)C2. The van der Waals surface area contributed by atoms with Gasteiger partial charge in [0.1, 0.15) is 11.5 Å². The van der Waals surface area contributed by atoms with Crippen LogP contribution < -0.4 is 0 Å². The van der Waals surface area contributed by atoms with Gasteiger partial charge in [0.15, 0.2) is 0 Å². The lowest BCUT2D eigenvalue weighted by molar-refractivity contribution is 0.0486. The normalized spacial score (nSPS) is 25.7. The third kappa shape index (κ3) is 3.24. The van der Waals surface area contributed by atoms with E-state index in [1.807, 2.05) is 36.4 Å². The maximum Gasteiger partial charge on any atom is 0.123 e. The molecule has 2 saturated heterocycles. The van der Waals surface area contributed by atoms with Gasteiger partial charge < -0.3 is 15.1 Å². The van der Waals surface area contributed by atoms with Crippen molar-refractivity contribution in [1.29, 1.82) is 0 Å². The second kappa shape index (κ2) is 7.16. The molecule has 2 atom stereocenters. The highest BCUT2D eigenvalue weighted by Crippen LogP contribution is 2.40. The van der Waals surface area contributed by atoms with E-state index in [9.17, 15) is 10.2 Å². The van der Waals surface area contributed by atoms with Crippen LogP contribution in [0.4, 0.5) is 0 Å². The Morgan fingerprint density at radius 1 is 0.885 bits per heavy atom. The number of rotatable bonds is 3. The highest BCUT2D eigenvalue weighted by Gasteiger charge is 2.35. The Morgan fingerprint density at radius 2 is 1.38 bits per heavy atom. The average molecular weight is 349 g/mol. The van der Waals surface area contributed by atoms with E-state index in [2.05, 4.69) is 18.0 Å². The summed E-state index contributed by atoms with van der Waals surface area (Å²) in [6, 6.07) is 16.1. The number of piperidine rings is 2. The summed E-state index contributed by atoms with van der Waals surface area (Å²) in [7, 11) is 2.27. The standard InChI is InChI=1S/C23H27NO2/c1-24-17-7-6-8-18(24)14-16(13-17)15-21(19-9-2-4-11-22(19)25)20-10-3-5-12-23(20)26/h2-5,9-12,15-18,25-26H,6-8,13-14H2,1H3. The molecule has 2 N–H and O–H groups in total. The van der Waals surface area contributed by atoms with Gasteiger partial charge in [-0.2, -0.15) is 0 Å². The van der Waals surface area contributed by atoms with Gasteiger partial charge >= 0.3 is 0 Å². The molecule has 0 radical (unpaired) electrons. The first-order valence-electron chi connectivity index (χ1n) is 9.64. The largest absolute Gasteiger partial charge is 0.507 e. The van der Waals surface area contributed by atoms with Crippen molar-refractivity contribution >= 4 is 5.57 Å². The van der Waals surface area contributed by atoms with E-state index in [-0.39, 0.29) is 11.5 Å². The fourth-order valence-electron chi connectivity index (χ4n) is 4.76. The van der Waals surface area contributed by atoms with Crippen molar-refractivity contribution < 1.29 is 10.2 Å². The van der Waals surface area contributed by atoms with Crippen LogP contribution in [0.1, 0.15) is 43.2 Å². The minimum absolute atomic E-state index is 0.259. The molecule has 3 heteroatoms. The van der Waals surface area contributed by atoms with Crippen molar-refractivity contribution in [3.63, 3.8) is 0 Å². The van der Waals surface area contributed by atoms with Crippen molar-refractivity contribution in [1.82, 2.24) is 4.90 Å². The summed E-state index contributed by atoms with van der Waals surface area (Å²) >= 11 is 0. The molecular formula is C23H27NO2. The Morgan fingerprint density at radius 3 is 1.88 bits per heavy atom. The Kier molecular flexibility index (Phi) is 4.73. The van der Waals surface area contributed by atoms with Gasteiger partial charge in [0.05, 0.1) is 0 Å². The number of phenols is 2. The molecule has 2 bridgehead atoms. The molecule has 136 valence electrons. The summed E-state index contributed by atoms with van der Waals surface area (Å²) in [6.07, 6.45) is 8.49. The Bertz CT molecular complexity index is 752. The lowest BCUT2D eigenvalue weighted by atomic mass is 9.77. The fraction of sp³-hybridized carbons (Fsp3) is 0.391. The van der Waals surface area contributed by atoms with Crippen LogP contribution >= 0.6 is 0 Å². The molecular weight excluding hydrogens is 322 g/mol. The van der Waals surface area contributed by atoms with Crippen molar-refractivity contribution in [2.75, 3.05) is 7.05 Å². The summed E-state index contributed by atoms with van der Waals surface area (Å²) in [6.45, 7) is 0. The maximum absolute atomic E-state index is 10.4. The second-order valence-corrected chi connectivity index (χ2v) is 7.75. The number of hydrogen-bond acceptors (Lipinski definition) is 3. The molecule has 0 aromatic heterocycles. The zero-order valence-corrected chi connectivity index (χ0v) is 15.3. The summed E-state index contributed by atoms with van der Waals surface area (Å²) in [5.41, 5.74) is 2.52. The van der Waals surface area contributed by atoms with Gasteiger partial charge in [-0.15, -0.1) is 0 Å². The molecule has 2 aromatic rings. The lowest BCUT2D eigenvalue weighted by Crippen LogP contribution is -2.49. The maximum atomic E-state index is 10.4. The van der Waals surface area contributed by atoms with Crippen LogP contribution in [-0.2, 0) is 0 Å². The molecule has 0 spiro atoms. The van der Waals surface area contributed by atoms with Crippen LogP contribution in [0, 0.1) is 5.92 Å².